The van der Waals surface area contributed by atoms with Crippen molar-refractivity contribution in [2.75, 3.05) is 24.2 Å². The Labute approximate surface area is 213 Å². The van der Waals surface area contributed by atoms with Gasteiger partial charge in [-0.15, -0.1) is 0 Å². The van der Waals surface area contributed by atoms with E-state index in [-0.39, 0.29) is 29.9 Å². The number of carbonyl (C=O) groups excluding carboxylic acids is 2. The van der Waals surface area contributed by atoms with Gasteiger partial charge in [-0.2, -0.15) is 0 Å². The number of halogens is 1. The van der Waals surface area contributed by atoms with Gasteiger partial charge in [-0.1, -0.05) is 42.8 Å². The first kappa shape index (κ1) is 28.5. The summed E-state index contributed by atoms with van der Waals surface area (Å²) in [6.07, 6.45) is 1.37. The monoisotopic (exact) mass is 523 g/mol. The Morgan fingerprint density at radius 3 is 2.34 bits per heavy atom. The summed E-state index contributed by atoms with van der Waals surface area (Å²) in [5, 5.41) is 3.16. The Morgan fingerprint density at radius 1 is 1.14 bits per heavy atom. The smallest absolute Gasteiger partial charge is 0.244 e. The van der Waals surface area contributed by atoms with E-state index in [1.165, 1.54) is 24.1 Å². The first-order valence-electron chi connectivity index (χ1n) is 11.3. The summed E-state index contributed by atoms with van der Waals surface area (Å²) in [5.41, 5.74) is 1.97. The third kappa shape index (κ3) is 7.60. The van der Waals surface area contributed by atoms with Crippen molar-refractivity contribution in [2.24, 2.45) is 0 Å². The topological polar surface area (TPSA) is 96.0 Å². The van der Waals surface area contributed by atoms with Gasteiger partial charge in [0.05, 0.1) is 19.1 Å². The van der Waals surface area contributed by atoms with Crippen LogP contribution in [0.2, 0.25) is 5.02 Å². The van der Waals surface area contributed by atoms with E-state index < -0.39 is 28.5 Å². The number of anilines is 1. The van der Waals surface area contributed by atoms with Crippen molar-refractivity contribution in [1.29, 1.82) is 0 Å². The molecular weight excluding hydrogens is 490 g/mol. The zero-order valence-electron chi connectivity index (χ0n) is 21.0. The van der Waals surface area contributed by atoms with E-state index in [2.05, 4.69) is 5.32 Å². The second-order valence-electron chi connectivity index (χ2n) is 8.62. The number of benzene rings is 2. The number of hydrogen-bond donors (Lipinski definition) is 1. The fourth-order valence-corrected chi connectivity index (χ4v) is 4.74. The minimum Gasteiger partial charge on any atom is -0.495 e. The molecule has 192 valence electrons. The average Bonchev–Trinajstić information content (AvgIpc) is 2.77. The van der Waals surface area contributed by atoms with E-state index in [4.69, 9.17) is 16.3 Å². The molecule has 0 unspecified atom stereocenters. The molecule has 0 aliphatic heterocycles. The molecule has 10 heteroatoms. The quantitative estimate of drug-likeness (QED) is 0.484. The van der Waals surface area contributed by atoms with Crippen molar-refractivity contribution in [1.82, 2.24) is 10.2 Å². The normalized spacial score (nSPS) is 12.2. The summed E-state index contributed by atoms with van der Waals surface area (Å²) in [6.45, 7) is 7.06. The molecule has 1 N–H and O–H groups in total. The van der Waals surface area contributed by atoms with Crippen molar-refractivity contribution < 1.29 is 22.7 Å². The second-order valence-corrected chi connectivity index (χ2v) is 11.0. The zero-order chi connectivity index (χ0) is 26.3. The lowest BCUT2D eigenvalue weighted by Gasteiger charge is -2.33. The Morgan fingerprint density at radius 2 is 1.80 bits per heavy atom. The van der Waals surface area contributed by atoms with Gasteiger partial charge >= 0.3 is 0 Å². The number of nitrogens with zero attached hydrogens (tertiary/aromatic N) is 2. The van der Waals surface area contributed by atoms with Crippen LogP contribution in [-0.2, 0) is 26.2 Å². The van der Waals surface area contributed by atoms with Crippen molar-refractivity contribution in [3.8, 4) is 5.75 Å². The SMILES string of the molecule is CC[C@@H](C(=O)NC(C)C)N(Cc1ccccc1C)C(=O)CN(c1cc(Cl)ccc1OC)S(C)(=O)=O. The third-order valence-electron chi connectivity index (χ3n) is 5.51. The zero-order valence-corrected chi connectivity index (χ0v) is 22.6. The summed E-state index contributed by atoms with van der Waals surface area (Å²) in [4.78, 5) is 28.2. The van der Waals surface area contributed by atoms with Gasteiger partial charge in [0.1, 0.15) is 18.3 Å². The summed E-state index contributed by atoms with van der Waals surface area (Å²) >= 11 is 6.13. The van der Waals surface area contributed by atoms with E-state index in [9.17, 15) is 18.0 Å². The number of nitrogens with one attached hydrogen (secondary N) is 1. The maximum absolute atomic E-state index is 13.7. The van der Waals surface area contributed by atoms with E-state index in [0.717, 1.165) is 21.7 Å². The molecule has 0 aromatic heterocycles. The van der Waals surface area contributed by atoms with Gasteiger partial charge in [0.2, 0.25) is 21.8 Å². The average molecular weight is 524 g/mol. The van der Waals surface area contributed by atoms with E-state index in [1.807, 2.05) is 52.0 Å². The Kier molecular flexibility index (Phi) is 9.97. The van der Waals surface area contributed by atoms with Crippen LogP contribution in [0.5, 0.6) is 5.75 Å². The lowest BCUT2D eigenvalue weighted by atomic mass is 10.1. The van der Waals surface area contributed by atoms with Gasteiger partial charge in [-0.05, 0) is 56.5 Å². The molecule has 0 radical (unpaired) electrons. The minimum absolute atomic E-state index is 0.116. The van der Waals surface area contributed by atoms with Crippen LogP contribution >= 0.6 is 11.6 Å². The highest BCUT2D eigenvalue weighted by atomic mass is 35.5. The van der Waals surface area contributed by atoms with Crippen LogP contribution in [0.25, 0.3) is 0 Å². The van der Waals surface area contributed by atoms with Crippen LogP contribution in [0.4, 0.5) is 5.69 Å². The number of ether oxygens (including phenoxy) is 1. The van der Waals surface area contributed by atoms with E-state index >= 15 is 0 Å². The first-order valence-corrected chi connectivity index (χ1v) is 13.6. The molecule has 1 atom stereocenters. The number of hydrogen-bond acceptors (Lipinski definition) is 5. The van der Waals surface area contributed by atoms with Crippen LogP contribution < -0.4 is 14.4 Å². The molecule has 35 heavy (non-hydrogen) atoms. The predicted octanol–water partition coefficient (Wildman–Crippen LogP) is 3.76. The fraction of sp³-hybridized carbons (Fsp3) is 0.440. The number of rotatable bonds is 11. The van der Waals surface area contributed by atoms with Crippen LogP contribution in [0.15, 0.2) is 42.5 Å². The van der Waals surface area contributed by atoms with Crippen molar-refractivity contribution in [3.63, 3.8) is 0 Å². The molecule has 2 amide bonds. The van der Waals surface area contributed by atoms with Gasteiger partial charge < -0.3 is 15.0 Å². The molecular formula is C25H34ClN3O5S. The Balaban J connectivity index is 2.53. The number of aryl methyl sites for hydroxylation is 1. The van der Waals surface area contributed by atoms with Gasteiger partial charge in [0.15, 0.2) is 0 Å². The summed E-state index contributed by atoms with van der Waals surface area (Å²) in [6, 6.07) is 11.2. The van der Waals surface area contributed by atoms with Gasteiger partial charge in [0.25, 0.3) is 0 Å². The lowest BCUT2D eigenvalue weighted by molar-refractivity contribution is -0.140. The Hall–Kier alpha value is -2.78. The number of sulfonamides is 1. The molecule has 0 aliphatic rings. The minimum atomic E-state index is -3.90. The molecule has 0 saturated heterocycles. The van der Waals surface area contributed by atoms with Crippen molar-refractivity contribution >= 4 is 39.1 Å². The lowest BCUT2D eigenvalue weighted by Crippen LogP contribution is -2.53. The van der Waals surface area contributed by atoms with Crippen LogP contribution in [-0.4, -0.2) is 57.1 Å². The Bertz CT molecular complexity index is 1150. The van der Waals surface area contributed by atoms with Crippen molar-refractivity contribution in [3.05, 3.63) is 58.6 Å². The predicted molar refractivity (Wildman–Crippen MR) is 139 cm³/mol. The molecule has 2 rings (SSSR count). The number of amides is 2. The highest BCUT2D eigenvalue weighted by Gasteiger charge is 2.33. The molecule has 0 fully saturated rings. The molecule has 0 saturated carbocycles. The van der Waals surface area contributed by atoms with Gasteiger partial charge in [-0.25, -0.2) is 8.42 Å². The van der Waals surface area contributed by atoms with Crippen LogP contribution in [0.3, 0.4) is 0 Å². The summed E-state index contributed by atoms with van der Waals surface area (Å²) < 4.78 is 31.8. The fourth-order valence-electron chi connectivity index (χ4n) is 3.72. The first-order chi connectivity index (χ1) is 16.4. The maximum Gasteiger partial charge on any atom is 0.244 e. The molecule has 2 aromatic carbocycles. The molecule has 0 heterocycles. The number of methoxy groups -OCH3 is 1. The second kappa shape index (κ2) is 12.3. The molecule has 8 nitrogen and oxygen atoms in total. The highest BCUT2D eigenvalue weighted by Crippen LogP contribution is 2.33. The van der Waals surface area contributed by atoms with E-state index in [0.29, 0.717) is 11.4 Å². The third-order valence-corrected chi connectivity index (χ3v) is 6.87. The van der Waals surface area contributed by atoms with E-state index in [1.54, 1.807) is 6.07 Å². The van der Waals surface area contributed by atoms with Crippen LogP contribution in [0, 0.1) is 6.92 Å². The maximum atomic E-state index is 13.7. The standard InChI is InChI=1S/C25H34ClN3O5S/c1-7-21(25(31)27-17(2)3)28(15-19-11-9-8-10-18(19)4)24(30)16-29(35(6,32)33)22-14-20(26)12-13-23(22)34-5/h8-14,17,21H,7,15-16H2,1-6H3,(H,27,31)/t21-/m0/s1. The van der Waals surface area contributed by atoms with Crippen molar-refractivity contribution in [2.45, 2.75) is 52.7 Å². The molecule has 0 spiro atoms. The summed E-state index contributed by atoms with van der Waals surface area (Å²) in [7, 11) is -2.50. The highest BCUT2D eigenvalue weighted by molar-refractivity contribution is 7.92. The van der Waals surface area contributed by atoms with Crippen LogP contribution in [0.1, 0.15) is 38.3 Å². The largest absolute Gasteiger partial charge is 0.495 e. The molecule has 2 aromatic rings. The summed E-state index contributed by atoms with van der Waals surface area (Å²) in [5.74, 6) is -0.565. The number of carbonyl (C=O) groups is 2. The molecule has 0 aliphatic carbocycles. The van der Waals surface area contributed by atoms with Gasteiger partial charge in [0, 0.05) is 17.6 Å². The molecule has 0 bridgehead atoms. The van der Waals surface area contributed by atoms with Gasteiger partial charge in [-0.3, -0.25) is 13.9 Å².